The van der Waals surface area contributed by atoms with Crippen molar-refractivity contribution in [1.29, 1.82) is 0 Å². The summed E-state index contributed by atoms with van der Waals surface area (Å²) in [7, 11) is -1.56. The number of nitrogens with zero attached hydrogens (tertiary/aromatic N) is 1. The number of aryl methyl sites for hydroxylation is 3. The molecule has 29 heavy (non-hydrogen) atoms. The Balaban J connectivity index is 1.94. The molecule has 0 aliphatic heterocycles. The first kappa shape index (κ1) is 21.1. The molecule has 0 bridgehead atoms. The zero-order chi connectivity index (χ0) is 21.0. The summed E-state index contributed by atoms with van der Waals surface area (Å²) in [6.07, 6.45) is 0. The predicted molar refractivity (Wildman–Crippen MR) is 120 cm³/mol. The smallest absolute Gasteiger partial charge is 0.240 e. The number of benzene rings is 3. The van der Waals surface area contributed by atoms with Crippen LogP contribution in [0.2, 0.25) is 0 Å². The number of hydrogen-bond donors (Lipinski definition) is 1. The molecule has 0 amide bonds. The van der Waals surface area contributed by atoms with E-state index in [2.05, 4.69) is 42.5 Å². The number of rotatable bonds is 7. The number of nitrogens with one attached hydrogen (secondary N) is 1. The fourth-order valence-electron chi connectivity index (χ4n) is 3.91. The Kier molecular flexibility index (Phi) is 6.40. The van der Waals surface area contributed by atoms with Gasteiger partial charge >= 0.3 is 0 Å². The van der Waals surface area contributed by atoms with E-state index in [1.54, 1.807) is 24.3 Å². The van der Waals surface area contributed by atoms with Crippen LogP contribution in [-0.4, -0.2) is 22.0 Å². The Morgan fingerprint density at radius 3 is 1.93 bits per heavy atom. The van der Waals surface area contributed by atoms with Gasteiger partial charge in [-0.2, -0.15) is 0 Å². The van der Waals surface area contributed by atoms with E-state index in [-0.39, 0.29) is 17.5 Å². The van der Waals surface area contributed by atoms with Gasteiger partial charge in [-0.1, -0.05) is 66.2 Å². The summed E-state index contributed by atoms with van der Waals surface area (Å²) in [4.78, 5) is 2.45. The lowest BCUT2D eigenvalue weighted by atomic mass is 10.00. The van der Waals surface area contributed by atoms with Gasteiger partial charge in [0, 0.05) is 19.3 Å². The summed E-state index contributed by atoms with van der Waals surface area (Å²) in [5.41, 5.74) is 5.76. The van der Waals surface area contributed by atoms with E-state index in [1.165, 1.54) is 16.7 Å². The van der Waals surface area contributed by atoms with Crippen LogP contribution < -0.4 is 9.62 Å². The van der Waals surface area contributed by atoms with Crippen LogP contribution in [0.4, 0.5) is 5.69 Å². The minimum atomic E-state index is -3.58. The maximum Gasteiger partial charge on any atom is 0.240 e. The maximum atomic E-state index is 12.8. The summed E-state index contributed by atoms with van der Waals surface area (Å²) in [6.45, 7) is 6.56. The third-order valence-electron chi connectivity index (χ3n) is 5.16. The van der Waals surface area contributed by atoms with Crippen LogP contribution in [0.3, 0.4) is 0 Å². The van der Waals surface area contributed by atoms with Gasteiger partial charge in [-0.3, -0.25) is 0 Å². The topological polar surface area (TPSA) is 49.4 Å². The Morgan fingerprint density at radius 1 is 0.862 bits per heavy atom. The summed E-state index contributed by atoms with van der Waals surface area (Å²) in [5.74, 6) is 0. The van der Waals surface area contributed by atoms with Crippen LogP contribution in [0, 0.1) is 20.8 Å². The van der Waals surface area contributed by atoms with Crippen LogP contribution in [0.1, 0.15) is 28.3 Å². The van der Waals surface area contributed by atoms with Crippen LogP contribution >= 0.6 is 0 Å². The van der Waals surface area contributed by atoms with Gasteiger partial charge in [-0.25, -0.2) is 13.1 Å². The van der Waals surface area contributed by atoms with Crippen molar-refractivity contribution in [3.63, 3.8) is 0 Å². The Hall–Kier alpha value is -2.63. The van der Waals surface area contributed by atoms with E-state index in [0.717, 1.165) is 11.3 Å². The number of anilines is 1. The normalized spacial score (nSPS) is 12.6. The molecule has 3 aromatic rings. The molecule has 4 nitrogen and oxygen atoms in total. The Labute approximate surface area is 174 Å². The highest BCUT2D eigenvalue weighted by molar-refractivity contribution is 7.89. The van der Waals surface area contributed by atoms with E-state index in [9.17, 15) is 8.42 Å². The Morgan fingerprint density at radius 2 is 1.38 bits per heavy atom. The standard InChI is InChI=1S/C24H28N2O2S/c1-18-15-19(2)24(20(3)16-18)26(4)23(21-11-7-5-8-12-21)17-25-29(27,28)22-13-9-6-10-14-22/h5-16,23,25H,17H2,1-4H3/t23-/m1/s1. The van der Waals surface area contributed by atoms with Gasteiger partial charge in [0.1, 0.15) is 0 Å². The molecule has 0 aliphatic rings. The van der Waals surface area contributed by atoms with Crippen molar-refractivity contribution < 1.29 is 8.42 Å². The van der Waals surface area contributed by atoms with Gasteiger partial charge in [0.25, 0.3) is 0 Å². The molecule has 3 rings (SSSR count). The third kappa shape index (κ3) is 4.86. The van der Waals surface area contributed by atoms with Crippen molar-refractivity contribution in [3.05, 3.63) is 95.1 Å². The van der Waals surface area contributed by atoms with E-state index in [4.69, 9.17) is 0 Å². The van der Waals surface area contributed by atoms with Crippen molar-refractivity contribution in [2.75, 3.05) is 18.5 Å². The lowest BCUT2D eigenvalue weighted by molar-refractivity contribution is 0.567. The van der Waals surface area contributed by atoms with Gasteiger partial charge in [-0.05, 0) is 49.6 Å². The van der Waals surface area contributed by atoms with Crippen molar-refractivity contribution in [1.82, 2.24) is 4.72 Å². The van der Waals surface area contributed by atoms with Crippen LogP contribution in [0.5, 0.6) is 0 Å². The molecule has 0 aliphatic carbocycles. The first-order valence-corrected chi connectivity index (χ1v) is 11.2. The average Bonchev–Trinajstić information content (AvgIpc) is 2.69. The van der Waals surface area contributed by atoms with Gasteiger partial charge in [-0.15, -0.1) is 0 Å². The van der Waals surface area contributed by atoms with Gasteiger partial charge in [0.05, 0.1) is 10.9 Å². The summed E-state index contributed by atoms with van der Waals surface area (Å²) < 4.78 is 28.4. The highest BCUT2D eigenvalue weighted by atomic mass is 32.2. The zero-order valence-corrected chi connectivity index (χ0v) is 18.2. The molecule has 0 aromatic heterocycles. The van der Waals surface area contributed by atoms with Crippen LogP contribution in [0.15, 0.2) is 77.7 Å². The predicted octanol–water partition coefficient (Wildman–Crippen LogP) is 4.77. The SMILES string of the molecule is Cc1cc(C)c(N(C)[C@H](CNS(=O)(=O)c2ccccc2)c2ccccc2)c(C)c1. The second-order valence-electron chi connectivity index (χ2n) is 7.45. The first-order chi connectivity index (χ1) is 13.8. The molecule has 0 heterocycles. The molecule has 5 heteroatoms. The lowest BCUT2D eigenvalue weighted by Gasteiger charge is -2.33. The molecule has 0 spiro atoms. The van der Waals surface area contributed by atoms with E-state index >= 15 is 0 Å². The van der Waals surface area contributed by atoms with Gasteiger partial charge < -0.3 is 4.90 Å². The van der Waals surface area contributed by atoms with E-state index in [0.29, 0.717) is 0 Å². The highest BCUT2D eigenvalue weighted by Gasteiger charge is 2.23. The lowest BCUT2D eigenvalue weighted by Crippen LogP contribution is -2.36. The molecule has 1 N–H and O–H groups in total. The fraction of sp³-hybridized carbons (Fsp3) is 0.250. The van der Waals surface area contributed by atoms with E-state index in [1.807, 2.05) is 43.4 Å². The van der Waals surface area contributed by atoms with Crippen LogP contribution in [-0.2, 0) is 10.0 Å². The molecule has 0 unspecified atom stereocenters. The highest BCUT2D eigenvalue weighted by Crippen LogP contribution is 2.32. The zero-order valence-electron chi connectivity index (χ0n) is 17.4. The van der Waals surface area contributed by atoms with Crippen molar-refractivity contribution in [3.8, 4) is 0 Å². The molecule has 3 aromatic carbocycles. The summed E-state index contributed by atoms with van der Waals surface area (Å²) in [5, 5.41) is 0. The quantitative estimate of drug-likeness (QED) is 0.613. The molecular weight excluding hydrogens is 380 g/mol. The average molecular weight is 409 g/mol. The fourth-order valence-corrected chi connectivity index (χ4v) is 4.97. The molecule has 152 valence electrons. The van der Waals surface area contributed by atoms with Crippen molar-refractivity contribution >= 4 is 15.7 Å². The van der Waals surface area contributed by atoms with Gasteiger partial charge in [0.15, 0.2) is 0 Å². The second-order valence-corrected chi connectivity index (χ2v) is 9.22. The summed E-state index contributed by atoms with van der Waals surface area (Å²) in [6, 6.07) is 22.7. The molecular formula is C24H28N2O2S. The minimum Gasteiger partial charge on any atom is -0.366 e. The molecule has 0 radical (unpaired) electrons. The molecule has 0 fully saturated rings. The largest absolute Gasteiger partial charge is 0.366 e. The monoisotopic (exact) mass is 408 g/mol. The van der Waals surface area contributed by atoms with Crippen molar-refractivity contribution in [2.24, 2.45) is 0 Å². The minimum absolute atomic E-state index is 0.144. The molecule has 1 atom stereocenters. The van der Waals surface area contributed by atoms with E-state index < -0.39 is 10.0 Å². The first-order valence-electron chi connectivity index (χ1n) is 9.70. The van der Waals surface area contributed by atoms with Crippen LogP contribution in [0.25, 0.3) is 0 Å². The number of hydrogen-bond acceptors (Lipinski definition) is 3. The maximum absolute atomic E-state index is 12.8. The molecule has 0 saturated heterocycles. The molecule has 0 saturated carbocycles. The second kappa shape index (κ2) is 8.80. The third-order valence-corrected chi connectivity index (χ3v) is 6.60. The number of likely N-dealkylation sites (N-methyl/N-ethyl adjacent to an activating group) is 1. The van der Waals surface area contributed by atoms with Crippen molar-refractivity contribution in [2.45, 2.75) is 31.7 Å². The number of sulfonamides is 1. The van der Waals surface area contributed by atoms with Gasteiger partial charge in [0.2, 0.25) is 10.0 Å². The summed E-state index contributed by atoms with van der Waals surface area (Å²) >= 11 is 0. The Bertz CT molecular complexity index is 1040.